The van der Waals surface area contributed by atoms with E-state index in [4.69, 9.17) is 23.2 Å². The summed E-state index contributed by atoms with van der Waals surface area (Å²) in [4.78, 5) is 28.2. The lowest BCUT2D eigenvalue weighted by Gasteiger charge is -2.32. The van der Waals surface area contributed by atoms with Crippen molar-refractivity contribution in [1.82, 2.24) is 10.2 Å². The molecule has 2 atom stereocenters. The molecule has 0 saturated carbocycles. The van der Waals surface area contributed by atoms with Crippen LogP contribution in [0.5, 0.6) is 0 Å². The lowest BCUT2D eigenvalue weighted by Crippen LogP contribution is -2.50. The Morgan fingerprint density at radius 1 is 1.00 bits per heavy atom. The second-order valence-corrected chi connectivity index (χ2v) is 12.5. The van der Waals surface area contributed by atoms with Gasteiger partial charge in [0.05, 0.1) is 11.9 Å². The number of rotatable bonds is 13. The molecular weight excluding hydrogens is 545 g/mol. The van der Waals surface area contributed by atoms with Gasteiger partial charge in [-0.1, -0.05) is 49.2 Å². The maximum absolute atomic E-state index is 13.6. The monoisotopic (exact) mass is 583 g/mol. The molecule has 0 spiro atoms. The van der Waals surface area contributed by atoms with Crippen molar-refractivity contribution in [2.24, 2.45) is 0 Å². The summed E-state index contributed by atoms with van der Waals surface area (Å²) in [6.45, 7) is 9.85. The molecule has 0 fully saturated rings. The van der Waals surface area contributed by atoms with E-state index in [1.807, 2.05) is 52.8 Å². The summed E-state index contributed by atoms with van der Waals surface area (Å²) in [7, 11) is -3.56. The number of aryl methyl sites for hydroxylation is 2. The number of benzene rings is 2. The van der Waals surface area contributed by atoms with Gasteiger partial charge in [0.1, 0.15) is 6.04 Å². The van der Waals surface area contributed by atoms with Crippen molar-refractivity contribution in [2.75, 3.05) is 17.1 Å². The number of hydrogen-bond acceptors (Lipinski definition) is 4. The third-order valence-corrected chi connectivity index (χ3v) is 8.17. The first kappa shape index (κ1) is 31.9. The quantitative estimate of drug-likeness (QED) is 0.319. The molecule has 210 valence electrons. The predicted molar refractivity (Wildman–Crippen MR) is 156 cm³/mol. The summed E-state index contributed by atoms with van der Waals surface area (Å²) in [6, 6.07) is 9.92. The topological polar surface area (TPSA) is 86.8 Å². The van der Waals surface area contributed by atoms with Crippen LogP contribution in [-0.2, 0) is 26.2 Å². The van der Waals surface area contributed by atoms with Gasteiger partial charge in [-0.2, -0.15) is 0 Å². The number of amides is 2. The van der Waals surface area contributed by atoms with E-state index in [0.717, 1.165) is 23.8 Å². The summed E-state index contributed by atoms with van der Waals surface area (Å²) < 4.78 is 26.5. The molecular formula is C28H39Cl2N3O4S. The van der Waals surface area contributed by atoms with E-state index < -0.39 is 16.1 Å². The van der Waals surface area contributed by atoms with Gasteiger partial charge in [-0.15, -0.1) is 0 Å². The molecule has 0 bridgehead atoms. The number of anilines is 1. The summed E-state index contributed by atoms with van der Waals surface area (Å²) in [5, 5.41) is 3.86. The van der Waals surface area contributed by atoms with Crippen LogP contribution < -0.4 is 9.62 Å². The standard InChI is InChI=1S/C28H39Cl2N3O4S/c1-7-21(5)31-28(35)26(8-2)32(18-22-11-12-23(29)17-25(22)30)27(34)10-9-13-33(38(6,36)37)24-15-19(3)14-20(4)16-24/h11-12,14-17,21,26H,7-10,13,18H2,1-6H3,(H,31,35)/t21-,26-/m0/s1. The molecule has 0 aliphatic rings. The smallest absolute Gasteiger partial charge is 0.243 e. The number of hydrogen-bond donors (Lipinski definition) is 1. The fraction of sp³-hybridized carbons (Fsp3) is 0.500. The van der Waals surface area contributed by atoms with Crippen LogP contribution in [-0.4, -0.2) is 50.0 Å². The second kappa shape index (κ2) is 14.2. The highest BCUT2D eigenvalue weighted by atomic mass is 35.5. The van der Waals surface area contributed by atoms with E-state index in [-0.39, 0.29) is 43.8 Å². The highest BCUT2D eigenvalue weighted by Gasteiger charge is 2.30. The Morgan fingerprint density at radius 3 is 2.16 bits per heavy atom. The van der Waals surface area contributed by atoms with Crippen molar-refractivity contribution in [1.29, 1.82) is 0 Å². The molecule has 7 nitrogen and oxygen atoms in total. The number of carbonyl (C=O) groups excluding carboxylic acids is 2. The lowest BCUT2D eigenvalue weighted by molar-refractivity contribution is -0.141. The number of nitrogens with zero attached hydrogens (tertiary/aromatic N) is 2. The van der Waals surface area contributed by atoms with Crippen molar-refractivity contribution in [3.05, 3.63) is 63.1 Å². The molecule has 2 rings (SSSR count). The van der Waals surface area contributed by atoms with Crippen molar-refractivity contribution in [3.63, 3.8) is 0 Å². The maximum atomic E-state index is 13.6. The van der Waals surface area contributed by atoms with Crippen LogP contribution in [0.4, 0.5) is 5.69 Å². The Hall–Kier alpha value is -2.29. The summed E-state index contributed by atoms with van der Waals surface area (Å²) in [5.74, 6) is -0.482. The van der Waals surface area contributed by atoms with E-state index in [1.165, 1.54) is 9.21 Å². The summed E-state index contributed by atoms with van der Waals surface area (Å²) in [5.41, 5.74) is 3.15. The van der Waals surface area contributed by atoms with Gasteiger partial charge in [-0.05, 0) is 81.0 Å². The van der Waals surface area contributed by atoms with E-state index in [2.05, 4.69) is 5.32 Å². The van der Waals surface area contributed by atoms with E-state index >= 15 is 0 Å². The maximum Gasteiger partial charge on any atom is 0.243 e. The van der Waals surface area contributed by atoms with Gasteiger partial charge in [0, 0.05) is 35.6 Å². The van der Waals surface area contributed by atoms with Crippen LogP contribution in [0.2, 0.25) is 10.0 Å². The van der Waals surface area contributed by atoms with Crippen LogP contribution in [0, 0.1) is 13.8 Å². The minimum Gasteiger partial charge on any atom is -0.352 e. The average Bonchev–Trinajstić information content (AvgIpc) is 2.81. The predicted octanol–water partition coefficient (Wildman–Crippen LogP) is 5.88. The van der Waals surface area contributed by atoms with E-state index in [1.54, 1.807) is 18.2 Å². The van der Waals surface area contributed by atoms with E-state index in [0.29, 0.717) is 27.7 Å². The van der Waals surface area contributed by atoms with Crippen LogP contribution in [0.1, 0.15) is 63.1 Å². The molecule has 2 aromatic rings. The van der Waals surface area contributed by atoms with Crippen LogP contribution in [0.25, 0.3) is 0 Å². The molecule has 2 amide bonds. The molecule has 0 aromatic heterocycles. The molecule has 0 unspecified atom stereocenters. The summed E-state index contributed by atoms with van der Waals surface area (Å²) >= 11 is 12.5. The van der Waals surface area contributed by atoms with Crippen LogP contribution in [0.3, 0.4) is 0 Å². The number of halogens is 2. The normalized spacial score (nSPS) is 13.1. The number of carbonyl (C=O) groups is 2. The molecule has 1 N–H and O–H groups in total. The van der Waals surface area contributed by atoms with Crippen molar-refractivity contribution < 1.29 is 18.0 Å². The fourth-order valence-electron chi connectivity index (χ4n) is 4.29. The number of sulfonamides is 1. The molecule has 0 aliphatic heterocycles. The van der Waals surface area contributed by atoms with Gasteiger partial charge < -0.3 is 10.2 Å². The van der Waals surface area contributed by atoms with Gasteiger partial charge >= 0.3 is 0 Å². The van der Waals surface area contributed by atoms with Crippen molar-refractivity contribution in [3.8, 4) is 0 Å². The first-order valence-electron chi connectivity index (χ1n) is 12.9. The highest BCUT2D eigenvalue weighted by molar-refractivity contribution is 7.92. The first-order valence-corrected chi connectivity index (χ1v) is 15.5. The van der Waals surface area contributed by atoms with Gasteiger partial charge in [0.15, 0.2) is 0 Å². The Bertz CT molecular complexity index is 1220. The fourth-order valence-corrected chi connectivity index (χ4v) is 5.71. The van der Waals surface area contributed by atoms with E-state index in [9.17, 15) is 18.0 Å². The lowest BCUT2D eigenvalue weighted by atomic mass is 10.1. The Balaban J connectivity index is 2.29. The molecule has 0 radical (unpaired) electrons. The van der Waals surface area contributed by atoms with Crippen molar-refractivity contribution >= 4 is 50.7 Å². The van der Waals surface area contributed by atoms with Crippen LogP contribution in [0.15, 0.2) is 36.4 Å². The average molecular weight is 585 g/mol. The molecule has 10 heteroatoms. The zero-order chi connectivity index (χ0) is 28.6. The first-order chi connectivity index (χ1) is 17.8. The summed E-state index contributed by atoms with van der Waals surface area (Å²) in [6.07, 6.45) is 2.69. The van der Waals surface area contributed by atoms with Crippen molar-refractivity contribution in [2.45, 2.75) is 78.9 Å². The SMILES string of the molecule is CC[C@H](C)NC(=O)[C@H](CC)N(Cc1ccc(Cl)cc1Cl)C(=O)CCCN(c1cc(C)cc(C)c1)S(C)(=O)=O. The van der Waals surface area contributed by atoms with Gasteiger partial charge in [-0.3, -0.25) is 13.9 Å². The highest BCUT2D eigenvalue weighted by Crippen LogP contribution is 2.25. The molecule has 38 heavy (non-hydrogen) atoms. The minimum absolute atomic E-state index is 0.0336. The Morgan fingerprint density at radius 2 is 1.63 bits per heavy atom. The van der Waals surface area contributed by atoms with Gasteiger partial charge in [-0.25, -0.2) is 8.42 Å². The molecule has 0 saturated heterocycles. The van der Waals surface area contributed by atoms with Gasteiger partial charge in [0.25, 0.3) is 0 Å². The molecule has 0 aliphatic carbocycles. The Labute approximate surface area is 237 Å². The largest absolute Gasteiger partial charge is 0.352 e. The second-order valence-electron chi connectivity index (χ2n) is 9.78. The third kappa shape index (κ3) is 9.17. The zero-order valence-electron chi connectivity index (χ0n) is 23.1. The molecule has 0 heterocycles. The molecule has 2 aromatic carbocycles. The zero-order valence-corrected chi connectivity index (χ0v) is 25.4. The minimum atomic E-state index is -3.56. The van der Waals surface area contributed by atoms with Gasteiger partial charge in [0.2, 0.25) is 21.8 Å². The number of nitrogens with one attached hydrogen (secondary N) is 1. The Kier molecular flexibility index (Phi) is 11.9. The van der Waals surface area contributed by atoms with Crippen LogP contribution >= 0.6 is 23.2 Å². The third-order valence-electron chi connectivity index (χ3n) is 6.39.